The molecule has 21 heavy (non-hydrogen) atoms. The Labute approximate surface area is 127 Å². The molecule has 0 spiro atoms. The van der Waals surface area contributed by atoms with Gasteiger partial charge in [-0.3, -0.25) is 0 Å². The SMILES string of the molecule is Cc1ccccc1C(CN)(CO)Cc1c(C)cccc1C. The van der Waals surface area contributed by atoms with Gasteiger partial charge >= 0.3 is 0 Å². The normalized spacial score (nSPS) is 14.0. The Morgan fingerprint density at radius 2 is 1.48 bits per heavy atom. The molecule has 2 heteroatoms. The van der Waals surface area contributed by atoms with Crippen molar-refractivity contribution in [2.45, 2.75) is 32.6 Å². The standard InChI is InChI=1S/C19H25NO/c1-14-8-6-9-15(2)17(14)11-19(12-20,13-21)18-10-5-4-7-16(18)3/h4-10,21H,11-13,20H2,1-3H3. The molecule has 0 bridgehead atoms. The number of hydrogen-bond donors (Lipinski definition) is 2. The molecule has 3 N–H and O–H groups in total. The molecule has 2 aromatic carbocycles. The van der Waals surface area contributed by atoms with Crippen molar-refractivity contribution >= 4 is 0 Å². The van der Waals surface area contributed by atoms with Crippen LogP contribution in [0.5, 0.6) is 0 Å². The van der Waals surface area contributed by atoms with E-state index >= 15 is 0 Å². The fourth-order valence-corrected chi connectivity index (χ4v) is 3.12. The number of hydrogen-bond acceptors (Lipinski definition) is 2. The van der Waals surface area contributed by atoms with E-state index in [1.807, 2.05) is 12.1 Å². The third-order valence-corrected chi connectivity index (χ3v) is 4.57. The predicted molar refractivity (Wildman–Crippen MR) is 88.6 cm³/mol. The summed E-state index contributed by atoms with van der Waals surface area (Å²) in [6.07, 6.45) is 0.767. The molecule has 0 saturated carbocycles. The van der Waals surface area contributed by atoms with Crippen molar-refractivity contribution in [2.75, 3.05) is 13.2 Å². The summed E-state index contributed by atoms with van der Waals surface area (Å²) >= 11 is 0. The molecule has 0 aliphatic heterocycles. The van der Waals surface area contributed by atoms with E-state index in [4.69, 9.17) is 5.73 Å². The molecule has 2 rings (SSSR count). The van der Waals surface area contributed by atoms with Crippen molar-refractivity contribution in [1.82, 2.24) is 0 Å². The maximum absolute atomic E-state index is 10.1. The van der Waals surface area contributed by atoms with Crippen molar-refractivity contribution in [3.8, 4) is 0 Å². The van der Waals surface area contributed by atoms with Crippen LogP contribution in [0.15, 0.2) is 42.5 Å². The van der Waals surface area contributed by atoms with Crippen molar-refractivity contribution in [1.29, 1.82) is 0 Å². The lowest BCUT2D eigenvalue weighted by molar-refractivity contribution is 0.195. The fourth-order valence-electron chi connectivity index (χ4n) is 3.12. The van der Waals surface area contributed by atoms with E-state index < -0.39 is 5.41 Å². The second-order valence-corrected chi connectivity index (χ2v) is 6.00. The van der Waals surface area contributed by atoms with Gasteiger partial charge in [-0.05, 0) is 55.0 Å². The number of rotatable bonds is 5. The van der Waals surface area contributed by atoms with Gasteiger partial charge in [0.1, 0.15) is 0 Å². The summed E-state index contributed by atoms with van der Waals surface area (Å²) in [5.74, 6) is 0. The average molecular weight is 283 g/mol. The van der Waals surface area contributed by atoms with E-state index in [9.17, 15) is 5.11 Å². The van der Waals surface area contributed by atoms with Gasteiger partial charge in [-0.25, -0.2) is 0 Å². The van der Waals surface area contributed by atoms with Crippen LogP contribution in [-0.2, 0) is 11.8 Å². The van der Waals surface area contributed by atoms with Gasteiger partial charge in [-0.1, -0.05) is 42.5 Å². The van der Waals surface area contributed by atoms with Crippen molar-refractivity contribution in [2.24, 2.45) is 5.73 Å². The van der Waals surface area contributed by atoms with Gasteiger partial charge in [0, 0.05) is 12.0 Å². The zero-order valence-electron chi connectivity index (χ0n) is 13.2. The Hall–Kier alpha value is -1.64. The summed E-state index contributed by atoms with van der Waals surface area (Å²) in [4.78, 5) is 0. The highest BCUT2D eigenvalue weighted by Gasteiger charge is 2.32. The van der Waals surface area contributed by atoms with Gasteiger partial charge in [-0.15, -0.1) is 0 Å². The summed E-state index contributed by atoms with van der Waals surface area (Å²) in [5, 5.41) is 10.1. The number of aliphatic hydroxyl groups is 1. The van der Waals surface area contributed by atoms with Crippen LogP contribution in [0.3, 0.4) is 0 Å². The summed E-state index contributed by atoms with van der Waals surface area (Å²) in [6, 6.07) is 14.5. The predicted octanol–water partition coefficient (Wildman–Crippen LogP) is 3.04. The minimum Gasteiger partial charge on any atom is -0.395 e. The summed E-state index contributed by atoms with van der Waals surface area (Å²) < 4.78 is 0. The molecule has 1 atom stereocenters. The van der Waals surface area contributed by atoms with Gasteiger partial charge in [0.15, 0.2) is 0 Å². The van der Waals surface area contributed by atoms with E-state index in [0.717, 1.165) is 12.0 Å². The van der Waals surface area contributed by atoms with Crippen LogP contribution >= 0.6 is 0 Å². The zero-order valence-corrected chi connectivity index (χ0v) is 13.2. The summed E-state index contributed by atoms with van der Waals surface area (Å²) in [7, 11) is 0. The van der Waals surface area contributed by atoms with Gasteiger partial charge < -0.3 is 10.8 Å². The lowest BCUT2D eigenvalue weighted by Gasteiger charge is -2.34. The molecule has 2 nitrogen and oxygen atoms in total. The third kappa shape index (κ3) is 3.02. The first-order chi connectivity index (χ1) is 10.0. The van der Waals surface area contributed by atoms with E-state index in [0.29, 0.717) is 6.54 Å². The molecule has 0 amide bonds. The largest absolute Gasteiger partial charge is 0.395 e. The second-order valence-electron chi connectivity index (χ2n) is 6.00. The van der Waals surface area contributed by atoms with Crippen LogP contribution in [-0.4, -0.2) is 18.3 Å². The quantitative estimate of drug-likeness (QED) is 0.886. The Morgan fingerprint density at radius 1 is 0.905 bits per heavy atom. The molecule has 0 fully saturated rings. The molecule has 1 unspecified atom stereocenters. The Bertz CT molecular complexity index is 594. The molecule has 0 saturated heterocycles. The lowest BCUT2D eigenvalue weighted by Crippen LogP contribution is -2.42. The Morgan fingerprint density at radius 3 is 2.00 bits per heavy atom. The van der Waals surface area contributed by atoms with Gasteiger partial charge in [0.25, 0.3) is 0 Å². The van der Waals surface area contributed by atoms with E-state index in [-0.39, 0.29) is 6.61 Å². The van der Waals surface area contributed by atoms with Crippen molar-refractivity contribution < 1.29 is 5.11 Å². The van der Waals surface area contributed by atoms with Gasteiger partial charge in [0.05, 0.1) is 6.61 Å². The molecule has 112 valence electrons. The highest BCUT2D eigenvalue weighted by atomic mass is 16.3. The highest BCUT2D eigenvalue weighted by molar-refractivity contribution is 5.40. The maximum Gasteiger partial charge on any atom is 0.0543 e. The number of aliphatic hydroxyl groups excluding tert-OH is 1. The molecule has 2 aromatic rings. The fraction of sp³-hybridized carbons (Fsp3) is 0.368. The van der Waals surface area contributed by atoms with Crippen LogP contribution in [0.1, 0.15) is 27.8 Å². The van der Waals surface area contributed by atoms with Crippen LogP contribution in [0.25, 0.3) is 0 Å². The van der Waals surface area contributed by atoms with Gasteiger partial charge in [0.2, 0.25) is 0 Å². The molecule has 0 aliphatic rings. The first kappa shape index (κ1) is 15.7. The average Bonchev–Trinajstić information content (AvgIpc) is 2.49. The van der Waals surface area contributed by atoms with Crippen molar-refractivity contribution in [3.05, 3.63) is 70.3 Å². The van der Waals surface area contributed by atoms with Crippen molar-refractivity contribution in [3.63, 3.8) is 0 Å². The van der Waals surface area contributed by atoms with E-state index in [2.05, 4.69) is 51.1 Å². The molecular formula is C19H25NO. The first-order valence-corrected chi connectivity index (χ1v) is 7.46. The minimum atomic E-state index is -0.414. The Balaban J connectivity index is 2.51. The van der Waals surface area contributed by atoms with Crippen LogP contribution in [0.4, 0.5) is 0 Å². The second kappa shape index (κ2) is 6.42. The van der Waals surface area contributed by atoms with Crippen LogP contribution in [0, 0.1) is 20.8 Å². The third-order valence-electron chi connectivity index (χ3n) is 4.57. The maximum atomic E-state index is 10.1. The summed E-state index contributed by atoms with van der Waals surface area (Å²) in [5.41, 5.74) is 11.8. The molecule has 0 radical (unpaired) electrons. The monoisotopic (exact) mass is 283 g/mol. The first-order valence-electron chi connectivity index (χ1n) is 7.46. The topological polar surface area (TPSA) is 46.2 Å². The molecule has 0 heterocycles. The van der Waals surface area contributed by atoms with Gasteiger partial charge in [-0.2, -0.15) is 0 Å². The number of aryl methyl sites for hydroxylation is 3. The zero-order chi connectivity index (χ0) is 15.5. The molecular weight excluding hydrogens is 258 g/mol. The molecule has 0 aromatic heterocycles. The van der Waals surface area contributed by atoms with Crippen LogP contribution in [0.2, 0.25) is 0 Å². The van der Waals surface area contributed by atoms with Crippen LogP contribution < -0.4 is 5.73 Å². The number of benzene rings is 2. The van der Waals surface area contributed by atoms with E-state index in [1.54, 1.807) is 0 Å². The van der Waals surface area contributed by atoms with E-state index in [1.165, 1.54) is 22.3 Å². The number of nitrogens with two attached hydrogens (primary N) is 1. The summed E-state index contributed by atoms with van der Waals surface area (Å²) in [6.45, 7) is 6.82. The molecule has 0 aliphatic carbocycles. The Kier molecular flexibility index (Phi) is 4.81. The smallest absolute Gasteiger partial charge is 0.0543 e. The highest BCUT2D eigenvalue weighted by Crippen LogP contribution is 2.32. The lowest BCUT2D eigenvalue weighted by atomic mass is 9.73. The minimum absolute atomic E-state index is 0.0577.